The first-order valence-corrected chi connectivity index (χ1v) is 15.6. The van der Waals surface area contributed by atoms with Crippen molar-refractivity contribution in [3.8, 4) is 5.69 Å². The Labute approximate surface area is 242 Å². The average Bonchev–Trinajstić information content (AvgIpc) is 3.21. The Bertz CT molecular complexity index is 1250. The van der Waals surface area contributed by atoms with Gasteiger partial charge < -0.3 is 14.2 Å². The number of esters is 1. The van der Waals surface area contributed by atoms with Crippen LogP contribution < -0.4 is 4.90 Å². The molecule has 0 N–H and O–H groups in total. The quantitative estimate of drug-likeness (QED) is 0.155. The molecule has 3 heterocycles. The molecule has 0 aliphatic carbocycles. The van der Waals surface area contributed by atoms with E-state index in [1.807, 2.05) is 6.92 Å². The maximum Gasteiger partial charge on any atom is 0.305 e. The molecule has 1 aliphatic rings. The maximum atomic E-state index is 12.3. The lowest BCUT2D eigenvalue weighted by Gasteiger charge is -2.33. The fourth-order valence-electron chi connectivity index (χ4n) is 5.89. The number of aryl methyl sites for hydroxylation is 4. The zero-order valence-corrected chi connectivity index (χ0v) is 26.1. The van der Waals surface area contributed by atoms with Crippen molar-refractivity contribution in [1.29, 1.82) is 0 Å². The summed E-state index contributed by atoms with van der Waals surface area (Å²) in [5, 5.41) is 1.13. The van der Waals surface area contributed by atoms with Gasteiger partial charge in [0.25, 0.3) is 0 Å². The van der Waals surface area contributed by atoms with E-state index in [2.05, 4.69) is 71.4 Å². The zero-order chi connectivity index (χ0) is 27.9. The summed E-state index contributed by atoms with van der Waals surface area (Å²) in [7, 11) is 0. The number of anilines is 1. The van der Waals surface area contributed by atoms with Gasteiger partial charge in [-0.05, 0) is 81.7 Å². The van der Waals surface area contributed by atoms with E-state index in [4.69, 9.17) is 14.7 Å². The number of ether oxygens (including phenoxy) is 1. The van der Waals surface area contributed by atoms with Crippen LogP contribution in [-0.4, -0.2) is 40.2 Å². The number of aromatic nitrogens is 3. The molecule has 39 heavy (non-hydrogen) atoms. The minimum Gasteiger partial charge on any atom is -0.465 e. The maximum absolute atomic E-state index is 12.3. The molecule has 0 spiro atoms. The number of unbranched alkanes of at least 4 members (excludes halogenated alkanes) is 6. The van der Waals surface area contributed by atoms with Crippen LogP contribution in [-0.2, 0) is 9.53 Å². The SMILES string of the molecule is CCCCCCCCCC(=O)OCC1CCN(c2nc(C)nc3c2c(C)cn3-c2c(C)cc(Br)cc2C)CC1. The van der Waals surface area contributed by atoms with E-state index in [1.165, 1.54) is 54.5 Å². The molecular formula is C32H45BrN4O2. The van der Waals surface area contributed by atoms with Gasteiger partial charge in [0.1, 0.15) is 11.6 Å². The molecule has 7 heteroatoms. The number of hydrogen-bond donors (Lipinski definition) is 0. The second kappa shape index (κ2) is 13.8. The minimum absolute atomic E-state index is 0.0328. The first kappa shape index (κ1) is 29.6. The van der Waals surface area contributed by atoms with Gasteiger partial charge in [0.15, 0.2) is 5.65 Å². The van der Waals surface area contributed by atoms with Gasteiger partial charge in [0.2, 0.25) is 0 Å². The predicted molar refractivity (Wildman–Crippen MR) is 164 cm³/mol. The summed E-state index contributed by atoms with van der Waals surface area (Å²) < 4.78 is 8.99. The molecule has 0 bridgehead atoms. The highest BCUT2D eigenvalue weighted by atomic mass is 79.9. The van der Waals surface area contributed by atoms with Gasteiger partial charge >= 0.3 is 5.97 Å². The third-order valence-corrected chi connectivity index (χ3v) is 8.46. The number of fused-ring (bicyclic) bond motifs is 1. The highest BCUT2D eigenvalue weighted by Crippen LogP contribution is 2.35. The molecule has 1 saturated heterocycles. The van der Waals surface area contributed by atoms with E-state index in [0.717, 1.165) is 65.9 Å². The number of piperidine rings is 1. The van der Waals surface area contributed by atoms with Crippen LogP contribution >= 0.6 is 15.9 Å². The third-order valence-electron chi connectivity index (χ3n) is 8.00. The normalized spacial score (nSPS) is 14.4. The van der Waals surface area contributed by atoms with Crippen LogP contribution in [0.2, 0.25) is 0 Å². The molecule has 212 valence electrons. The Hall–Kier alpha value is -2.41. The van der Waals surface area contributed by atoms with Crippen molar-refractivity contribution < 1.29 is 9.53 Å². The van der Waals surface area contributed by atoms with E-state index in [0.29, 0.717) is 18.9 Å². The van der Waals surface area contributed by atoms with Gasteiger partial charge in [-0.15, -0.1) is 0 Å². The van der Waals surface area contributed by atoms with Crippen molar-refractivity contribution in [2.75, 3.05) is 24.6 Å². The summed E-state index contributed by atoms with van der Waals surface area (Å²) in [6.07, 6.45) is 13.3. The van der Waals surface area contributed by atoms with Gasteiger partial charge in [-0.25, -0.2) is 9.97 Å². The van der Waals surface area contributed by atoms with E-state index in [1.54, 1.807) is 0 Å². The van der Waals surface area contributed by atoms with Crippen molar-refractivity contribution in [1.82, 2.24) is 14.5 Å². The number of benzene rings is 1. The third kappa shape index (κ3) is 7.41. The average molecular weight is 598 g/mol. The second-order valence-corrected chi connectivity index (χ2v) is 12.3. The first-order chi connectivity index (χ1) is 18.8. The van der Waals surface area contributed by atoms with Crippen LogP contribution in [0.25, 0.3) is 16.7 Å². The molecule has 1 aliphatic heterocycles. The summed E-state index contributed by atoms with van der Waals surface area (Å²) >= 11 is 3.63. The second-order valence-electron chi connectivity index (χ2n) is 11.3. The fourth-order valence-corrected chi connectivity index (χ4v) is 6.58. The Kier molecular flexibility index (Phi) is 10.4. The van der Waals surface area contributed by atoms with Crippen molar-refractivity contribution >= 4 is 38.8 Å². The highest BCUT2D eigenvalue weighted by molar-refractivity contribution is 9.10. The van der Waals surface area contributed by atoms with Gasteiger partial charge in [0, 0.05) is 30.2 Å². The molecular weight excluding hydrogens is 552 g/mol. The summed E-state index contributed by atoms with van der Waals surface area (Å²) in [6.45, 7) is 13.0. The first-order valence-electron chi connectivity index (χ1n) is 14.8. The number of halogens is 1. The van der Waals surface area contributed by atoms with Gasteiger partial charge in [-0.2, -0.15) is 0 Å². The smallest absolute Gasteiger partial charge is 0.305 e. The van der Waals surface area contributed by atoms with Crippen LogP contribution in [0, 0.1) is 33.6 Å². The molecule has 0 saturated carbocycles. The van der Waals surface area contributed by atoms with Crippen molar-refractivity contribution in [2.45, 2.75) is 98.8 Å². The lowest BCUT2D eigenvalue weighted by molar-refractivity contribution is -0.145. The summed E-state index contributed by atoms with van der Waals surface area (Å²) in [4.78, 5) is 24.5. The lowest BCUT2D eigenvalue weighted by Crippen LogP contribution is -2.36. The Morgan fingerprint density at radius 3 is 2.26 bits per heavy atom. The van der Waals surface area contributed by atoms with E-state index >= 15 is 0 Å². The van der Waals surface area contributed by atoms with Crippen LogP contribution in [0.4, 0.5) is 5.82 Å². The molecule has 1 fully saturated rings. The largest absolute Gasteiger partial charge is 0.465 e. The molecule has 4 rings (SSSR count). The molecule has 0 radical (unpaired) electrons. The van der Waals surface area contributed by atoms with Crippen LogP contribution in [0.3, 0.4) is 0 Å². The standard InChI is InChI=1S/C32H45BrN4O2/c1-6-7-8-9-10-11-12-13-28(38)39-21-26-14-16-36(17-15-26)31-29-24(4)20-37(32(29)35-25(5)34-31)30-22(2)18-27(33)19-23(30)3/h18-20,26H,6-17,21H2,1-5H3. The van der Waals surface area contributed by atoms with Crippen LogP contribution in [0.1, 0.15) is 93.6 Å². The number of nitrogens with zero attached hydrogens (tertiary/aromatic N) is 4. The van der Waals surface area contributed by atoms with E-state index in [-0.39, 0.29) is 5.97 Å². The molecule has 0 atom stereocenters. The van der Waals surface area contributed by atoms with E-state index < -0.39 is 0 Å². The Morgan fingerprint density at radius 2 is 1.59 bits per heavy atom. The van der Waals surface area contributed by atoms with Gasteiger partial charge in [-0.1, -0.05) is 61.4 Å². The van der Waals surface area contributed by atoms with Crippen molar-refractivity contribution in [2.24, 2.45) is 5.92 Å². The Morgan fingerprint density at radius 1 is 0.949 bits per heavy atom. The van der Waals surface area contributed by atoms with Crippen LogP contribution in [0.5, 0.6) is 0 Å². The molecule has 6 nitrogen and oxygen atoms in total. The monoisotopic (exact) mass is 596 g/mol. The predicted octanol–water partition coefficient (Wildman–Crippen LogP) is 8.32. The number of rotatable bonds is 12. The van der Waals surface area contributed by atoms with Crippen molar-refractivity contribution in [3.63, 3.8) is 0 Å². The molecule has 2 aromatic heterocycles. The van der Waals surface area contributed by atoms with Crippen molar-refractivity contribution in [3.05, 3.63) is 45.3 Å². The molecule has 0 unspecified atom stereocenters. The lowest BCUT2D eigenvalue weighted by atomic mass is 9.97. The summed E-state index contributed by atoms with van der Waals surface area (Å²) in [5.74, 6) is 2.19. The van der Waals surface area contributed by atoms with E-state index in [9.17, 15) is 4.79 Å². The van der Waals surface area contributed by atoms with Crippen LogP contribution in [0.15, 0.2) is 22.8 Å². The molecule has 1 aromatic carbocycles. The number of carbonyl (C=O) groups is 1. The topological polar surface area (TPSA) is 60.2 Å². The minimum atomic E-state index is -0.0328. The molecule has 0 amide bonds. The summed E-state index contributed by atoms with van der Waals surface area (Å²) in [6, 6.07) is 4.31. The number of hydrogen-bond acceptors (Lipinski definition) is 5. The fraction of sp³-hybridized carbons (Fsp3) is 0.594. The summed E-state index contributed by atoms with van der Waals surface area (Å²) in [5.41, 5.74) is 5.74. The zero-order valence-electron chi connectivity index (χ0n) is 24.5. The highest BCUT2D eigenvalue weighted by Gasteiger charge is 2.25. The van der Waals surface area contributed by atoms with Gasteiger partial charge in [0.05, 0.1) is 17.7 Å². The number of carbonyl (C=O) groups excluding carboxylic acids is 1. The Balaban J connectivity index is 1.36. The molecule has 3 aromatic rings. The van der Waals surface area contributed by atoms with Gasteiger partial charge in [-0.3, -0.25) is 4.79 Å².